The molecule has 0 radical (unpaired) electrons. The molecule has 0 saturated carbocycles. The van der Waals surface area contributed by atoms with Crippen LogP contribution in [-0.4, -0.2) is 51.0 Å². The number of carboxylic acid groups (broad SMARTS) is 2. The van der Waals surface area contributed by atoms with Crippen molar-refractivity contribution in [2.45, 2.75) is 62.2 Å². The van der Waals surface area contributed by atoms with Gasteiger partial charge in [0.1, 0.15) is 0 Å². The Bertz CT molecular complexity index is 2030. The van der Waals surface area contributed by atoms with Gasteiger partial charge in [-0.2, -0.15) is 0 Å². The number of nitrogens with one attached hydrogen (secondary N) is 4. The highest BCUT2D eigenvalue weighted by Gasteiger charge is 2.22. The number of carbonyl (C=O) groups is 4. The third kappa shape index (κ3) is 10.4. The predicted molar refractivity (Wildman–Crippen MR) is 194 cm³/mol. The molecule has 0 aliphatic rings. The summed E-state index contributed by atoms with van der Waals surface area (Å²) < 4.78 is 54.6. The summed E-state index contributed by atoms with van der Waals surface area (Å²) in [6, 6.07) is 18.2. The fourth-order valence-electron chi connectivity index (χ4n) is 5.40. The van der Waals surface area contributed by atoms with Gasteiger partial charge in [0, 0.05) is 11.4 Å². The summed E-state index contributed by atoms with van der Waals surface area (Å²) >= 11 is 0. The summed E-state index contributed by atoms with van der Waals surface area (Å²) in [5.74, 6) is -2.46. The lowest BCUT2D eigenvalue weighted by Gasteiger charge is -2.15. The molecule has 4 amide bonds. The summed E-state index contributed by atoms with van der Waals surface area (Å²) in [4.78, 5) is 49.2. The number of anilines is 2. The van der Waals surface area contributed by atoms with E-state index in [4.69, 9.17) is 0 Å². The third-order valence-electron chi connectivity index (χ3n) is 8.03. The molecule has 0 saturated heterocycles. The standard InChI is InChI=1S/C36H38N4O10S2/c1-23-15-19-25(20-16-23)51(47,48)39-35(45)37-31-13-7-11-29(33(41)42)27(31)9-5-3-4-6-10-28-30(34(43)44)12-8-14-32(28)38-36(46)40-52(49,50)26-21-17-24(2)18-22-26/h7-8,11-22H,3-6,9-10H2,1-2H3,(H,41,42)(H,43,44)(H2,37,39,45)(H2,38,40,46). The van der Waals surface area contributed by atoms with Crippen LogP contribution in [0.3, 0.4) is 0 Å². The van der Waals surface area contributed by atoms with Crippen molar-refractivity contribution in [3.05, 3.63) is 118 Å². The first kappa shape index (κ1) is 39.1. The normalized spacial score (nSPS) is 11.3. The van der Waals surface area contributed by atoms with Crippen molar-refractivity contribution in [1.82, 2.24) is 9.44 Å². The lowest BCUT2D eigenvalue weighted by Crippen LogP contribution is -2.34. The van der Waals surface area contributed by atoms with E-state index in [9.17, 15) is 46.2 Å². The fourth-order valence-corrected chi connectivity index (χ4v) is 7.21. The molecule has 0 aliphatic carbocycles. The van der Waals surface area contributed by atoms with Crippen LogP contribution in [0.4, 0.5) is 21.0 Å². The molecule has 4 rings (SSSR count). The number of urea groups is 2. The van der Waals surface area contributed by atoms with Crippen LogP contribution in [0.5, 0.6) is 0 Å². The van der Waals surface area contributed by atoms with Crippen molar-refractivity contribution >= 4 is 55.4 Å². The summed E-state index contributed by atoms with van der Waals surface area (Å²) in [7, 11) is -8.39. The van der Waals surface area contributed by atoms with Crippen LogP contribution in [0.1, 0.15) is 68.7 Å². The highest BCUT2D eigenvalue weighted by atomic mass is 32.2. The molecule has 4 aromatic carbocycles. The zero-order chi connectivity index (χ0) is 38.1. The van der Waals surface area contributed by atoms with E-state index in [1.807, 2.05) is 9.44 Å². The summed E-state index contributed by atoms with van der Waals surface area (Å²) in [5.41, 5.74) is 2.40. The molecule has 274 valence electrons. The topological polar surface area (TPSA) is 225 Å². The third-order valence-corrected chi connectivity index (χ3v) is 10.7. The van der Waals surface area contributed by atoms with Gasteiger partial charge in [-0.15, -0.1) is 0 Å². The van der Waals surface area contributed by atoms with E-state index >= 15 is 0 Å². The van der Waals surface area contributed by atoms with Crippen molar-refractivity contribution in [1.29, 1.82) is 0 Å². The highest BCUT2D eigenvalue weighted by Crippen LogP contribution is 2.26. The maximum absolute atomic E-state index is 12.7. The van der Waals surface area contributed by atoms with E-state index in [0.29, 0.717) is 36.8 Å². The number of carboxylic acids is 2. The van der Waals surface area contributed by atoms with E-state index in [0.717, 1.165) is 11.1 Å². The number of sulfonamides is 2. The van der Waals surface area contributed by atoms with Crippen molar-refractivity contribution in [3.63, 3.8) is 0 Å². The highest BCUT2D eigenvalue weighted by molar-refractivity contribution is 7.90. The summed E-state index contributed by atoms with van der Waals surface area (Å²) in [6.07, 6.45) is 2.50. The quantitative estimate of drug-likeness (QED) is 0.0770. The number of benzene rings is 4. The number of aryl methyl sites for hydroxylation is 2. The second-order valence-corrected chi connectivity index (χ2v) is 15.3. The van der Waals surface area contributed by atoms with E-state index in [1.165, 1.54) is 60.7 Å². The van der Waals surface area contributed by atoms with Gasteiger partial charge >= 0.3 is 24.0 Å². The Morgan fingerprint density at radius 1 is 0.519 bits per heavy atom. The molecule has 0 atom stereocenters. The van der Waals surface area contributed by atoms with Crippen LogP contribution < -0.4 is 20.1 Å². The Morgan fingerprint density at radius 3 is 1.19 bits per heavy atom. The lowest BCUT2D eigenvalue weighted by atomic mass is 9.96. The minimum atomic E-state index is -4.19. The molecule has 0 unspecified atom stereocenters. The second-order valence-electron chi connectivity index (χ2n) is 11.9. The minimum absolute atomic E-state index is 0.0621. The molecule has 0 heterocycles. The van der Waals surface area contributed by atoms with Crippen molar-refractivity contribution in [2.24, 2.45) is 0 Å². The van der Waals surface area contributed by atoms with Gasteiger partial charge in [0.2, 0.25) is 0 Å². The molecule has 0 spiro atoms. The zero-order valence-corrected chi connectivity index (χ0v) is 29.9. The summed E-state index contributed by atoms with van der Waals surface area (Å²) in [5, 5.41) is 24.5. The van der Waals surface area contributed by atoms with Gasteiger partial charge < -0.3 is 20.8 Å². The Kier molecular flexibility index (Phi) is 12.8. The Labute approximate surface area is 301 Å². The Morgan fingerprint density at radius 2 is 0.865 bits per heavy atom. The first-order chi connectivity index (χ1) is 24.6. The van der Waals surface area contributed by atoms with Gasteiger partial charge in [-0.3, -0.25) is 0 Å². The molecular formula is C36H38N4O10S2. The Balaban J connectivity index is 1.38. The van der Waals surface area contributed by atoms with E-state index in [1.54, 1.807) is 38.1 Å². The number of hydrogen-bond donors (Lipinski definition) is 6. The van der Waals surface area contributed by atoms with E-state index in [-0.39, 0.29) is 45.1 Å². The molecule has 0 fully saturated rings. The number of amides is 4. The van der Waals surface area contributed by atoms with Crippen LogP contribution in [0, 0.1) is 13.8 Å². The van der Waals surface area contributed by atoms with E-state index < -0.39 is 44.0 Å². The van der Waals surface area contributed by atoms with Crippen LogP contribution in [0.15, 0.2) is 94.7 Å². The fraction of sp³-hybridized carbons (Fsp3) is 0.222. The molecule has 0 aromatic heterocycles. The summed E-state index contributed by atoms with van der Waals surface area (Å²) in [6.45, 7) is 3.57. The smallest absolute Gasteiger partial charge is 0.336 e. The number of unbranched alkanes of at least 4 members (excludes halogenated alkanes) is 3. The molecule has 52 heavy (non-hydrogen) atoms. The average molecular weight is 751 g/mol. The SMILES string of the molecule is Cc1ccc(S(=O)(=O)NC(=O)Nc2cccc(C(=O)O)c2CCCCCCc2c(NC(=O)NS(=O)(=O)c3ccc(C)cc3)cccc2C(=O)O)cc1. The van der Waals surface area contributed by atoms with Gasteiger partial charge in [0.25, 0.3) is 20.0 Å². The molecule has 6 N–H and O–H groups in total. The Hall–Kier alpha value is -5.74. The van der Waals surface area contributed by atoms with Gasteiger partial charge in [-0.05, 0) is 99.2 Å². The van der Waals surface area contributed by atoms with Crippen LogP contribution in [0.25, 0.3) is 0 Å². The van der Waals surface area contributed by atoms with Crippen molar-refractivity contribution in [2.75, 3.05) is 10.6 Å². The maximum atomic E-state index is 12.7. The number of rotatable bonds is 15. The van der Waals surface area contributed by atoms with Crippen molar-refractivity contribution in [3.8, 4) is 0 Å². The van der Waals surface area contributed by atoms with Crippen molar-refractivity contribution < 1.29 is 46.2 Å². The second kappa shape index (κ2) is 17.0. The maximum Gasteiger partial charge on any atom is 0.336 e. The monoisotopic (exact) mass is 750 g/mol. The van der Waals surface area contributed by atoms with Gasteiger partial charge in [-0.25, -0.2) is 45.5 Å². The molecule has 0 aliphatic heterocycles. The first-order valence-corrected chi connectivity index (χ1v) is 19.1. The predicted octanol–water partition coefficient (Wildman–Crippen LogP) is 6.07. The van der Waals surface area contributed by atoms with Gasteiger partial charge in [-0.1, -0.05) is 60.4 Å². The number of hydrogen-bond acceptors (Lipinski definition) is 8. The zero-order valence-electron chi connectivity index (χ0n) is 28.3. The molecule has 0 bridgehead atoms. The average Bonchev–Trinajstić information content (AvgIpc) is 3.06. The minimum Gasteiger partial charge on any atom is -0.478 e. The lowest BCUT2D eigenvalue weighted by molar-refractivity contribution is 0.0684. The largest absolute Gasteiger partial charge is 0.478 e. The van der Waals surface area contributed by atoms with Crippen LogP contribution >= 0.6 is 0 Å². The molecule has 4 aromatic rings. The van der Waals surface area contributed by atoms with E-state index in [2.05, 4.69) is 10.6 Å². The van der Waals surface area contributed by atoms with Gasteiger partial charge in [0.15, 0.2) is 0 Å². The van der Waals surface area contributed by atoms with Gasteiger partial charge in [0.05, 0.1) is 20.9 Å². The molecule has 16 heteroatoms. The number of aromatic carboxylic acids is 2. The first-order valence-electron chi connectivity index (χ1n) is 16.1. The van der Waals surface area contributed by atoms with Crippen LogP contribution in [0.2, 0.25) is 0 Å². The molecular weight excluding hydrogens is 713 g/mol. The molecule has 14 nitrogen and oxygen atoms in total. The number of carbonyl (C=O) groups excluding carboxylic acids is 2. The van der Waals surface area contributed by atoms with Crippen LogP contribution in [-0.2, 0) is 32.9 Å².